The molecular weight excluding hydrogens is 408 g/mol. The average Bonchev–Trinajstić information content (AvgIpc) is 3.18. The topological polar surface area (TPSA) is 71.1 Å². The van der Waals surface area contributed by atoms with Gasteiger partial charge in [-0.15, -0.1) is 11.3 Å². The third-order valence-corrected chi connectivity index (χ3v) is 5.00. The van der Waals surface area contributed by atoms with Crippen LogP contribution >= 0.6 is 22.9 Å². The quantitative estimate of drug-likeness (QED) is 0.655. The predicted molar refractivity (Wildman–Crippen MR) is 103 cm³/mol. The van der Waals surface area contributed by atoms with E-state index in [0.717, 1.165) is 17.7 Å². The number of hydrogen-bond donors (Lipinski definition) is 2. The van der Waals surface area contributed by atoms with E-state index in [9.17, 15) is 18.4 Å². The molecule has 2 N–H and O–H groups in total. The van der Waals surface area contributed by atoms with Crippen LogP contribution in [0.4, 0.5) is 8.78 Å². The fourth-order valence-electron chi connectivity index (χ4n) is 2.47. The van der Waals surface area contributed by atoms with Crippen LogP contribution in [-0.2, 0) is 4.79 Å². The molecule has 0 saturated carbocycles. The van der Waals surface area contributed by atoms with Gasteiger partial charge in [0.25, 0.3) is 5.91 Å². The highest BCUT2D eigenvalue weighted by Crippen LogP contribution is 2.26. The van der Waals surface area contributed by atoms with Gasteiger partial charge in [-0.05, 0) is 29.8 Å². The number of hydrogen-bond acceptors (Lipinski definition) is 4. The number of nitrogens with zero attached hydrogens (tertiary/aromatic N) is 1. The molecule has 0 saturated heterocycles. The van der Waals surface area contributed by atoms with Crippen molar-refractivity contribution in [2.75, 3.05) is 7.05 Å². The molecule has 0 bridgehead atoms. The predicted octanol–water partition coefficient (Wildman–Crippen LogP) is 3.96. The van der Waals surface area contributed by atoms with E-state index in [4.69, 9.17) is 11.6 Å². The molecular formula is C19H14ClF2N3O2S. The molecule has 1 heterocycles. The third-order valence-electron chi connectivity index (χ3n) is 3.87. The van der Waals surface area contributed by atoms with Crippen molar-refractivity contribution in [2.45, 2.75) is 6.04 Å². The molecule has 9 heteroatoms. The molecule has 1 aromatic heterocycles. The molecule has 1 atom stereocenters. The normalized spacial score (nSPS) is 11.7. The second-order valence-electron chi connectivity index (χ2n) is 5.74. The lowest BCUT2D eigenvalue weighted by molar-refractivity contribution is -0.122. The molecule has 0 fully saturated rings. The zero-order valence-electron chi connectivity index (χ0n) is 14.5. The number of rotatable bonds is 5. The Morgan fingerprint density at radius 1 is 1.14 bits per heavy atom. The van der Waals surface area contributed by atoms with E-state index in [-0.39, 0.29) is 11.3 Å². The molecule has 3 rings (SSSR count). The van der Waals surface area contributed by atoms with Gasteiger partial charge < -0.3 is 10.6 Å². The molecule has 5 nitrogen and oxygen atoms in total. The van der Waals surface area contributed by atoms with Crippen molar-refractivity contribution in [3.8, 4) is 10.6 Å². The van der Waals surface area contributed by atoms with Gasteiger partial charge in [0.2, 0.25) is 5.91 Å². The first kappa shape index (κ1) is 19.9. The van der Waals surface area contributed by atoms with Crippen LogP contribution in [0.2, 0.25) is 5.02 Å². The van der Waals surface area contributed by atoms with Gasteiger partial charge in [-0.25, -0.2) is 13.8 Å². The molecule has 0 aliphatic carbocycles. The van der Waals surface area contributed by atoms with Gasteiger partial charge >= 0.3 is 0 Å². The van der Waals surface area contributed by atoms with Crippen LogP contribution in [0.15, 0.2) is 47.8 Å². The van der Waals surface area contributed by atoms with Crippen molar-refractivity contribution in [3.05, 3.63) is 75.8 Å². The number of aromatic nitrogens is 1. The summed E-state index contributed by atoms with van der Waals surface area (Å²) < 4.78 is 26.7. The standard InChI is InChI=1S/C19H14ClF2N3O2S/c1-23-18(27)16(10-5-6-13(21)14(22)8-10)25-17(26)15-9-28-19(24-15)11-3-2-4-12(20)7-11/h2-9,16H,1H3,(H,23,27)(H,25,26). The second kappa shape index (κ2) is 8.45. The lowest BCUT2D eigenvalue weighted by Gasteiger charge is -2.17. The van der Waals surface area contributed by atoms with Gasteiger partial charge in [-0.2, -0.15) is 0 Å². The van der Waals surface area contributed by atoms with E-state index in [1.807, 2.05) is 0 Å². The molecule has 3 aromatic rings. The fourth-order valence-corrected chi connectivity index (χ4v) is 3.46. The van der Waals surface area contributed by atoms with E-state index in [2.05, 4.69) is 15.6 Å². The summed E-state index contributed by atoms with van der Waals surface area (Å²) in [6.45, 7) is 0. The second-order valence-corrected chi connectivity index (χ2v) is 7.04. The lowest BCUT2D eigenvalue weighted by Crippen LogP contribution is -2.39. The number of carbonyl (C=O) groups is 2. The molecule has 2 amide bonds. The number of halogens is 3. The smallest absolute Gasteiger partial charge is 0.271 e. The average molecular weight is 422 g/mol. The van der Waals surface area contributed by atoms with E-state index in [1.165, 1.54) is 29.8 Å². The molecule has 0 aliphatic heterocycles. The zero-order chi connectivity index (χ0) is 20.3. The van der Waals surface area contributed by atoms with Crippen molar-refractivity contribution in [3.63, 3.8) is 0 Å². The van der Waals surface area contributed by atoms with Gasteiger partial charge in [0.1, 0.15) is 16.7 Å². The Morgan fingerprint density at radius 3 is 2.61 bits per heavy atom. The maximum atomic E-state index is 13.6. The van der Waals surface area contributed by atoms with Crippen LogP contribution in [0.5, 0.6) is 0 Å². The van der Waals surface area contributed by atoms with Crippen LogP contribution in [-0.4, -0.2) is 23.8 Å². The minimum atomic E-state index is -1.20. The molecule has 0 radical (unpaired) electrons. The van der Waals surface area contributed by atoms with E-state index in [1.54, 1.807) is 24.3 Å². The Bertz CT molecular complexity index is 1040. The van der Waals surface area contributed by atoms with E-state index >= 15 is 0 Å². The molecule has 2 aromatic carbocycles. The van der Waals surface area contributed by atoms with Gasteiger partial charge in [-0.3, -0.25) is 9.59 Å². The number of thiazole rings is 1. The number of benzene rings is 2. The first-order valence-corrected chi connectivity index (χ1v) is 9.33. The van der Waals surface area contributed by atoms with Gasteiger partial charge in [0, 0.05) is 23.0 Å². The fraction of sp³-hybridized carbons (Fsp3) is 0.105. The molecule has 28 heavy (non-hydrogen) atoms. The summed E-state index contributed by atoms with van der Waals surface area (Å²) in [5.74, 6) is -3.36. The number of likely N-dealkylation sites (N-methyl/N-ethyl adjacent to an activating group) is 1. The van der Waals surface area contributed by atoms with Crippen molar-refractivity contribution < 1.29 is 18.4 Å². The number of nitrogens with one attached hydrogen (secondary N) is 2. The van der Waals surface area contributed by atoms with Crippen LogP contribution in [0.1, 0.15) is 22.1 Å². The summed E-state index contributed by atoms with van der Waals surface area (Å²) in [5.41, 5.74) is 0.952. The molecule has 0 spiro atoms. The first-order chi connectivity index (χ1) is 13.4. The van der Waals surface area contributed by atoms with Crippen molar-refractivity contribution in [2.24, 2.45) is 0 Å². The Labute approximate surface area is 168 Å². The van der Waals surface area contributed by atoms with E-state index in [0.29, 0.717) is 10.0 Å². The number of carbonyl (C=O) groups excluding carboxylic acids is 2. The highest BCUT2D eigenvalue weighted by Gasteiger charge is 2.24. The Balaban J connectivity index is 1.84. The Kier molecular flexibility index (Phi) is 6.01. The summed E-state index contributed by atoms with van der Waals surface area (Å²) in [6, 6.07) is 8.81. The highest BCUT2D eigenvalue weighted by molar-refractivity contribution is 7.13. The molecule has 0 aliphatic rings. The lowest BCUT2D eigenvalue weighted by atomic mass is 10.1. The van der Waals surface area contributed by atoms with Crippen LogP contribution in [0.3, 0.4) is 0 Å². The van der Waals surface area contributed by atoms with Crippen molar-refractivity contribution in [1.29, 1.82) is 0 Å². The summed E-state index contributed by atoms with van der Waals surface area (Å²) in [4.78, 5) is 29.0. The van der Waals surface area contributed by atoms with Crippen molar-refractivity contribution >= 4 is 34.8 Å². The summed E-state index contributed by atoms with van der Waals surface area (Å²) in [7, 11) is 1.38. The highest BCUT2D eigenvalue weighted by atomic mass is 35.5. The summed E-state index contributed by atoms with van der Waals surface area (Å²) >= 11 is 7.21. The SMILES string of the molecule is CNC(=O)C(NC(=O)c1csc(-c2cccc(Cl)c2)n1)c1ccc(F)c(F)c1. The Morgan fingerprint density at radius 2 is 1.93 bits per heavy atom. The van der Waals surface area contributed by atoms with Gasteiger partial charge in [0.15, 0.2) is 11.6 Å². The maximum Gasteiger partial charge on any atom is 0.271 e. The minimum absolute atomic E-state index is 0.0939. The zero-order valence-corrected chi connectivity index (χ0v) is 16.1. The van der Waals surface area contributed by atoms with Crippen LogP contribution in [0.25, 0.3) is 10.6 Å². The van der Waals surface area contributed by atoms with E-state index < -0.39 is 29.5 Å². The number of amides is 2. The molecule has 1 unspecified atom stereocenters. The Hall–Kier alpha value is -2.84. The minimum Gasteiger partial charge on any atom is -0.357 e. The van der Waals surface area contributed by atoms with Gasteiger partial charge in [0.05, 0.1) is 0 Å². The largest absolute Gasteiger partial charge is 0.357 e. The summed E-state index contributed by atoms with van der Waals surface area (Å²) in [5, 5.41) is 7.55. The van der Waals surface area contributed by atoms with Crippen LogP contribution in [0, 0.1) is 11.6 Å². The maximum absolute atomic E-state index is 13.6. The van der Waals surface area contributed by atoms with Crippen LogP contribution < -0.4 is 10.6 Å². The molecule has 144 valence electrons. The summed E-state index contributed by atoms with van der Waals surface area (Å²) in [6.07, 6.45) is 0. The van der Waals surface area contributed by atoms with Gasteiger partial charge in [-0.1, -0.05) is 29.8 Å². The monoisotopic (exact) mass is 421 g/mol. The first-order valence-electron chi connectivity index (χ1n) is 8.08. The third kappa shape index (κ3) is 4.35. The van der Waals surface area contributed by atoms with Crippen molar-refractivity contribution in [1.82, 2.24) is 15.6 Å².